The van der Waals surface area contributed by atoms with Gasteiger partial charge in [-0.3, -0.25) is 9.78 Å². The maximum Gasteiger partial charge on any atom is 0.271 e. The number of carbonyl (C=O) groups excluding carboxylic acids is 1. The summed E-state index contributed by atoms with van der Waals surface area (Å²) in [6, 6.07) is 11.4. The van der Waals surface area contributed by atoms with E-state index >= 15 is 0 Å². The SMILES string of the molecule is CN(C)c1ccc(/C=C/C=N/NC(=O)c2ccncc2)cc1. The average Bonchev–Trinajstić information content (AvgIpc) is 2.55. The number of carbonyl (C=O) groups is 1. The fourth-order valence-electron chi connectivity index (χ4n) is 1.74. The predicted molar refractivity (Wildman–Crippen MR) is 90.0 cm³/mol. The van der Waals surface area contributed by atoms with Crippen LogP contribution in [0.25, 0.3) is 6.08 Å². The van der Waals surface area contributed by atoms with E-state index in [1.807, 2.05) is 49.3 Å². The van der Waals surface area contributed by atoms with Crippen molar-refractivity contribution in [3.63, 3.8) is 0 Å². The number of amides is 1. The summed E-state index contributed by atoms with van der Waals surface area (Å²) in [6.07, 6.45) is 8.36. The summed E-state index contributed by atoms with van der Waals surface area (Å²) >= 11 is 0. The van der Waals surface area contributed by atoms with E-state index < -0.39 is 0 Å². The van der Waals surface area contributed by atoms with Gasteiger partial charge in [-0.15, -0.1) is 0 Å². The van der Waals surface area contributed by atoms with Crippen molar-refractivity contribution in [2.45, 2.75) is 0 Å². The quantitative estimate of drug-likeness (QED) is 0.681. The average molecular weight is 294 g/mol. The number of rotatable bonds is 5. The van der Waals surface area contributed by atoms with Crippen LogP contribution in [0.2, 0.25) is 0 Å². The molecule has 0 bridgehead atoms. The first-order valence-corrected chi connectivity index (χ1v) is 6.84. The number of nitrogens with zero attached hydrogens (tertiary/aromatic N) is 3. The monoisotopic (exact) mass is 294 g/mol. The minimum Gasteiger partial charge on any atom is -0.378 e. The van der Waals surface area contributed by atoms with Crippen molar-refractivity contribution in [3.8, 4) is 0 Å². The van der Waals surface area contributed by atoms with Crippen molar-refractivity contribution >= 4 is 23.9 Å². The Labute approximate surface area is 130 Å². The zero-order valence-electron chi connectivity index (χ0n) is 12.6. The van der Waals surface area contributed by atoms with Crippen molar-refractivity contribution in [1.29, 1.82) is 0 Å². The zero-order valence-corrected chi connectivity index (χ0v) is 12.6. The summed E-state index contributed by atoms with van der Waals surface area (Å²) in [5.74, 6) is -0.262. The van der Waals surface area contributed by atoms with E-state index in [2.05, 4.69) is 15.5 Å². The van der Waals surface area contributed by atoms with Crippen LogP contribution in [0.4, 0.5) is 5.69 Å². The Morgan fingerprint density at radius 2 is 1.82 bits per heavy atom. The lowest BCUT2D eigenvalue weighted by molar-refractivity contribution is 0.0955. The van der Waals surface area contributed by atoms with Gasteiger partial charge < -0.3 is 4.90 Å². The highest BCUT2D eigenvalue weighted by molar-refractivity contribution is 5.94. The number of allylic oxidation sites excluding steroid dienone is 1. The second-order valence-electron chi connectivity index (χ2n) is 4.80. The van der Waals surface area contributed by atoms with E-state index in [-0.39, 0.29) is 5.91 Å². The molecule has 1 heterocycles. The van der Waals surface area contributed by atoms with E-state index in [1.54, 1.807) is 36.8 Å². The van der Waals surface area contributed by atoms with Crippen molar-refractivity contribution in [2.75, 3.05) is 19.0 Å². The van der Waals surface area contributed by atoms with Crippen LogP contribution >= 0.6 is 0 Å². The molecule has 2 aromatic rings. The summed E-state index contributed by atoms with van der Waals surface area (Å²) < 4.78 is 0. The summed E-state index contributed by atoms with van der Waals surface area (Å²) in [4.78, 5) is 17.6. The van der Waals surface area contributed by atoms with E-state index in [0.717, 1.165) is 11.3 Å². The van der Waals surface area contributed by atoms with Crippen LogP contribution in [0.15, 0.2) is 60.0 Å². The van der Waals surface area contributed by atoms with Crippen molar-refractivity contribution in [2.24, 2.45) is 5.10 Å². The first-order chi connectivity index (χ1) is 10.7. The normalized spacial score (nSPS) is 11.0. The van der Waals surface area contributed by atoms with Crippen LogP contribution in [0, 0.1) is 0 Å². The van der Waals surface area contributed by atoms with Gasteiger partial charge >= 0.3 is 0 Å². The van der Waals surface area contributed by atoms with Gasteiger partial charge in [0.25, 0.3) is 5.91 Å². The molecule has 0 atom stereocenters. The maximum atomic E-state index is 11.7. The maximum absolute atomic E-state index is 11.7. The topological polar surface area (TPSA) is 57.6 Å². The lowest BCUT2D eigenvalue weighted by Gasteiger charge is -2.11. The standard InChI is InChI=1S/C17H18N4O/c1-21(2)16-7-5-14(6-8-16)4-3-11-19-20-17(22)15-9-12-18-13-10-15/h3-13H,1-2H3,(H,20,22)/b4-3+,19-11+. The number of aromatic nitrogens is 1. The molecular weight excluding hydrogens is 276 g/mol. The van der Waals surface area contributed by atoms with Gasteiger partial charge in [0.1, 0.15) is 0 Å². The Kier molecular flexibility index (Phi) is 5.43. The van der Waals surface area contributed by atoms with Crippen molar-refractivity contribution in [3.05, 3.63) is 66.0 Å². The van der Waals surface area contributed by atoms with Crippen molar-refractivity contribution in [1.82, 2.24) is 10.4 Å². The van der Waals surface area contributed by atoms with Gasteiger partial charge in [0.2, 0.25) is 0 Å². The molecule has 1 aromatic carbocycles. The molecule has 1 aromatic heterocycles. The molecule has 0 fully saturated rings. The lowest BCUT2D eigenvalue weighted by Crippen LogP contribution is -2.17. The molecule has 5 heteroatoms. The van der Waals surface area contributed by atoms with Gasteiger partial charge in [-0.05, 0) is 35.9 Å². The Hall–Kier alpha value is -2.95. The molecule has 112 valence electrons. The first kappa shape index (κ1) is 15.4. The highest BCUT2D eigenvalue weighted by Gasteiger charge is 2.01. The van der Waals surface area contributed by atoms with Crippen LogP contribution in [0.5, 0.6) is 0 Å². The molecule has 0 aliphatic heterocycles. The Balaban J connectivity index is 1.85. The smallest absolute Gasteiger partial charge is 0.271 e. The minimum absolute atomic E-state index is 0.262. The molecule has 2 rings (SSSR count). The molecule has 5 nitrogen and oxygen atoms in total. The third kappa shape index (κ3) is 4.56. The minimum atomic E-state index is -0.262. The van der Waals surface area contributed by atoms with Gasteiger partial charge in [0.15, 0.2) is 0 Å². The Morgan fingerprint density at radius 1 is 1.14 bits per heavy atom. The second-order valence-corrected chi connectivity index (χ2v) is 4.80. The van der Waals surface area contributed by atoms with Gasteiger partial charge in [-0.2, -0.15) is 5.10 Å². The molecule has 0 radical (unpaired) electrons. The largest absolute Gasteiger partial charge is 0.378 e. The Morgan fingerprint density at radius 3 is 2.45 bits per heavy atom. The summed E-state index contributed by atoms with van der Waals surface area (Å²) in [5.41, 5.74) is 5.19. The van der Waals surface area contributed by atoms with Crippen LogP contribution in [0.1, 0.15) is 15.9 Å². The van der Waals surface area contributed by atoms with E-state index in [9.17, 15) is 4.79 Å². The molecular formula is C17H18N4O. The van der Waals surface area contributed by atoms with Crippen molar-refractivity contribution < 1.29 is 4.79 Å². The highest BCUT2D eigenvalue weighted by atomic mass is 16.2. The molecule has 0 spiro atoms. The molecule has 0 saturated heterocycles. The number of nitrogens with one attached hydrogen (secondary N) is 1. The Bertz CT molecular complexity index is 661. The number of anilines is 1. The zero-order chi connectivity index (χ0) is 15.8. The first-order valence-electron chi connectivity index (χ1n) is 6.84. The molecule has 0 saturated carbocycles. The number of benzene rings is 1. The van der Waals surface area contributed by atoms with Gasteiger partial charge in [-0.1, -0.05) is 18.2 Å². The molecule has 0 aliphatic carbocycles. The number of pyridine rings is 1. The van der Waals surface area contributed by atoms with E-state index in [0.29, 0.717) is 5.56 Å². The lowest BCUT2D eigenvalue weighted by atomic mass is 10.2. The molecule has 1 N–H and O–H groups in total. The van der Waals surface area contributed by atoms with Crippen LogP contribution < -0.4 is 10.3 Å². The van der Waals surface area contributed by atoms with Gasteiger partial charge in [0, 0.05) is 44.0 Å². The molecule has 1 amide bonds. The van der Waals surface area contributed by atoms with Crippen LogP contribution in [-0.2, 0) is 0 Å². The summed E-state index contributed by atoms with van der Waals surface area (Å²) in [7, 11) is 4.01. The second kappa shape index (κ2) is 7.73. The van der Waals surface area contributed by atoms with E-state index in [4.69, 9.17) is 0 Å². The van der Waals surface area contributed by atoms with E-state index in [1.165, 1.54) is 0 Å². The third-order valence-electron chi connectivity index (χ3n) is 2.97. The fraction of sp³-hybridized carbons (Fsp3) is 0.118. The summed E-state index contributed by atoms with van der Waals surface area (Å²) in [6.45, 7) is 0. The van der Waals surface area contributed by atoms with Crippen LogP contribution in [-0.4, -0.2) is 31.2 Å². The molecule has 22 heavy (non-hydrogen) atoms. The molecule has 0 aliphatic rings. The van der Waals surface area contributed by atoms with Gasteiger partial charge in [-0.25, -0.2) is 5.43 Å². The number of hydrazone groups is 1. The fourth-order valence-corrected chi connectivity index (χ4v) is 1.74. The van der Waals surface area contributed by atoms with Gasteiger partial charge in [0.05, 0.1) is 0 Å². The number of hydrogen-bond acceptors (Lipinski definition) is 4. The van der Waals surface area contributed by atoms with Crippen LogP contribution in [0.3, 0.4) is 0 Å². The summed E-state index contributed by atoms with van der Waals surface area (Å²) in [5, 5.41) is 3.87. The third-order valence-corrected chi connectivity index (χ3v) is 2.97. The predicted octanol–water partition coefficient (Wildman–Crippen LogP) is 2.58. The number of hydrogen-bond donors (Lipinski definition) is 1. The molecule has 0 unspecified atom stereocenters. The highest BCUT2D eigenvalue weighted by Crippen LogP contribution is 2.12.